The van der Waals surface area contributed by atoms with Crippen LogP contribution in [0.1, 0.15) is 14.0 Å². The van der Waals surface area contributed by atoms with E-state index in [0.717, 1.165) is 11.1 Å². The summed E-state index contributed by atoms with van der Waals surface area (Å²) in [5, 5.41) is 8.47. The van der Waals surface area contributed by atoms with Gasteiger partial charge in [0.15, 0.2) is 11.7 Å². The minimum absolute atomic E-state index is 0. The molecular formula is C12H14N6. The number of hydrogen-bond donors (Lipinski definition) is 2. The number of hydrazone groups is 2. The van der Waals surface area contributed by atoms with Gasteiger partial charge in [0.2, 0.25) is 0 Å². The molecule has 0 amide bonds. The van der Waals surface area contributed by atoms with Crippen molar-refractivity contribution in [2.24, 2.45) is 10.2 Å². The molecule has 0 saturated heterocycles. The fourth-order valence-electron chi connectivity index (χ4n) is 1.55. The molecule has 0 aliphatic carbocycles. The third kappa shape index (κ3) is 2.03. The fourth-order valence-corrected chi connectivity index (χ4v) is 1.55. The summed E-state index contributed by atoms with van der Waals surface area (Å²) in [5.41, 5.74) is 7.67. The van der Waals surface area contributed by atoms with Crippen LogP contribution >= 0.6 is 0 Å². The summed E-state index contributed by atoms with van der Waals surface area (Å²) < 4.78 is 0. The molecule has 2 aromatic rings. The van der Waals surface area contributed by atoms with E-state index in [9.17, 15) is 0 Å². The van der Waals surface area contributed by atoms with Crippen LogP contribution in [0.15, 0.2) is 59.3 Å². The molecule has 0 radical (unpaired) electrons. The van der Waals surface area contributed by atoms with Crippen LogP contribution in [0.4, 0.5) is 0 Å². The largest absolute Gasteiger partial charge is 0.265 e. The number of aromatic nitrogens is 2. The summed E-state index contributed by atoms with van der Waals surface area (Å²) in [7, 11) is 0. The Kier molecular flexibility index (Phi) is 2.67. The maximum absolute atomic E-state index is 4.23. The first-order valence-electron chi connectivity index (χ1n) is 5.42. The van der Waals surface area contributed by atoms with Crippen LogP contribution in [0, 0.1) is 0 Å². The molecule has 0 fully saturated rings. The van der Waals surface area contributed by atoms with Gasteiger partial charge in [0.1, 0.15) is 0 Å². The van der Waals surface area contributed by atoms with E-state index in [4.69, 9.17) is 0 Å². The Balaban J connectivity index is 0.000001000. The number of pyridine rings is 2. The summed E-state index contributed by atoms with van der Waals surface area (Å²) in [5.74, 6) is 1.32. The highest BCUT2D eigenvalue weighted by Gasteiger charge is 2.10. The van der Waals surface area contributed by atoms with E-state index in [1.807, 2.05) is 24.3 Å². The van der Waals surface area contributed by atoms with Crippen LogP contribution < -0.4 is 10.9 Å². The van der Waals surface area contributed by atoms with Crippen molar-refractivity contribution >= 4 is 11.7 Å². The van der Waals surface area contributed by atoms with E-state index in [0.29, 0.717) is 11.7 Å². The summed E-state index contributed by atoms with van der Waals surface area (Å²) >= 11 is 0. The lowest BCUT2D eigenvalue weighted by Crippen LogP contribution is -2.34. The molecule has 2 N–H and O–H groups in total. The van der Waals surface area contributed by atoms with Crippen molar-refractivity contribution in [2.75, 3.05) is 0 Å². The predicted octanol–water partition coefficient (Wildman–Crippen LogP) is 1.18. The molecule has 3 rings (SSSR count). The minimum Gasteiger partial charge on any atom is -0.265 e. The quantitative estimate of drug-likeness (QED) is 0.829. The third-order valence-electron chi connectivity index (χ3n) is 2.45. The number of nitrogens with one attached hydrogen (secondary N) is 2. The lowest BCUT2D eigenvalue weighted by atomic mass is 10.2. The molecule has 6 heteroatoms. The lowest BCUT2D eigenvalue weighted by Gasteiger charge is -2.14. The molecule has 92 valence electrons. The lowest BCUT2D eigenvalue weighted by molar-refractivity contribution is 0.882. The Hall–Kier alpha value is -2.76. The molecule has 0 saturated carbocycles. The Labute approximate surface area is 106 Å². The van der Waals surface area contributed by atoms with E-state index in [2.05, 4.69) is 31.0 Å². The highest BCUT2D eigenvalue weighted by atomic mass is 15.5. The Morgan fingerprint density at radius 3 is 1.39 bits per heavy atom. The van der Waals surface area contributed by atoms with E-state index in [1.165, 1.54) is 0 Å². The van der Waals surface area contributed by atoms with Crippen LogP contribution in [-0.2, 0) is 0 Å². The van der Waals surface area contributed by atoms with Crippen molar-refractivity contribution in [3.05, 3.63) is 60.2 Å². The second-order valence-corrected chi connectivity index (χ2v) is 3.62. The van der Waals surface area contributed by atoms with Gasteiger partial charge in [-0.25, -0.2) is 0 Å². The molecule has 0 atom stereocenters. The maximum atomic E-state index is 4.23. The van der Waals surface area contributed by atoms with Crippen molar-refractivity contribution in [3.8, 4) is 0 Å². The van der Waals surface area contributed by atoms with Crippen LogP contribution in [0.3, 0.4) is 0 Å². The van der Waals surface area contributed by atoms with E-state index in [1.54, 1.807) is 24.8 Å². The van der Waals surface area contributed by atoms with Gasteiger partial charge in [-0.2, -0.15) is 10.2 Å². The van der Waals surface area contributed by atoms with Crippen molar-refractivity contribution < 1.29 is 2.85 Å². The van der Waals surface area contributed by atoms with Gasteiger partial charge in [-0.3, -0.25) is 20.8 Å². The molecule has 1 aliphatic rings. The highest BCUT2D eigenvalue weighted by molar-refractivity contribution is 6.05. The molecule has 1 aliphatic heterocycles. The van der Waals surface area contributed by atoms with Gasteiger partial charge < -0.3 is 0 Å². The van der Waals surface area contributed by atoms with Crippen LogP contribution in [0.25, 0.3) is 0 Å². The number of hydrogen-bond acceptors (Lipinski definition) is 6. The molecular weight excluding hydrogens is 228 g/mol. The zero-order valence-electron chi connectivity index (χ0n) is 9.41. The van der Waals surface area contributed by atoms with Gasteiger partial charge in [-0.15, -0.1) is 0 Å². The summed E-state index contributed by atoms with van der Waals surface area (Å²) in [6.07, 6.45) is 6.84. The SMILES string of the molecule is [HH].[HH].c1cc(C2=NNC(c3ccncc3)=NN2)ccn1. The zero-order chi connectivity index (χ0) is 12.2. The van der Waals surface area contributed by atoms with Crippen molar-refractivity contribution in [2.45, 2.75) is 0 Å². The molecule has 0 spiro atoms. The zero-order valence-corrected chi connectivity index (χ0v) is 9.41. The maximum Gasteiger partial charge on any atom is 0.173 e. The Morgan fingerprint density at radius 1 is 0.667 bits per heavy atom. The van der Waals surface area contributed by atoms with Gasteiger partial charge in [0.25, 0.3) is 0 Å². The molecule has 6 nitrogen and oxygen atoms in total. The van der Waals surface area contributed by atoms with Crippen molar-refractivity contribution in [3.63, 3.8) is 0 Å². The van der Waals surface area contributed by atoms with Gasteiger partial charge in [-0.1, -0.05) is 0 Å². The molecule has 2 aromatic heterocycles. The van der Waals surface area contributed by atoms with Gasteiger partial charge in [0, 0.05) is 38.8 Å². The van der Waals surface area contributed by atoms with Crippen molar-refractivity contribution in [1.29, 1.82) is 0 Å². The van der Waals surface area contributed by atoms with E-state index in [-0.39, 0.29) is 2.85 Å². The summed E-state index contributed by atoms with van der Waals surface area (Å²) in [4.78, 5) is 7.91. The smallest absolute Gasteiger partial charge is 0.173 e. The number of amidine groups is 2. The van der Waals surface area contributed by atoms with E-state index < -0.39 is 0 Å². The fraction of sp³-hybridized carbons (Fsp3) is 0. The van der Waals surface area contributed by atoms with E-state index >= 15 is 0 Å². The first-order valence-corrected chi connectivity index (χ1v) is 5.42. The van der Waals surface area contributed by atoms with Crippen molar-refractivity contribution in [1.82, 2.24) is 20.8 Å². The number of nitrogens with zero attached hydrogens (tertiary/aromatic N) is 4. The topological polar surface area (TPSA) is 74.6 Å². The standard InChI is InChI=1S/C12H10N6.2H2/c1-5-13-6-2-9(1)11-15-17-12(18-16-11)10-3-7-14-8-4-10;;/h1-8H,(H,15,16)(H,17,18);2*1H. The molecule has 0 aromatic carbocycles. The Morgan fingerprint density at radius 2 is 1.06 bits per heavy atom. The third-order valence-corrected chi connectivity index (χ3v) is 2.45. The highest BCUT2D eigenvalue weighted by Crippen LogP contribution is 2.03. The summed E-state index contributed by atoms with van der Waals surface area (Å²) in [6.45, 7) is 0. The second-order valence-electron chi connectivity index (χ2n) is 3.62. The number of rotatable bonds is 2. The van der Waals surface area contributed by atoms with Gasteiger partial charge in [-0.05, 0) is 24.3 Å². The van der Waals surface area contributed by atoms with Crippen LogP contribution in [-0.4, -0.2) is 21.6 Å². The minimum atomic E-state index is 0. The normalized spacial score (nSPS) is 14.0. The first-order chi connectivity index (χ1) is 8.93. The predicted molar refractivity (Wildman–Crippen MR) is 72.0 cm³/mol. The summed E-state index contributed by atoms with van der Waals surface area (Å²) in [6, 6.07) is 7.45. The average molecular weight is 242 g/mol. The average Bonchev–Trinajstić information content (AvgIpc) is 2.49. The van der Waals surface area contributed by atoms with Gasteiger partial charge in [0.05, 0.1) is 0 Å². The van der Waals surface area contributed by atoms with Crippen LogP contribution in [0.2, 0.25) is 0 Å². The monoisotopic (exact) mass is 242 g/mol. The molecule has 18 heavy (non-hydrogen) atoms. The molecule has 0 unspecified atom stereocenters. The Bertz CT molecular complexity index is 544. The van der Waals surface area contributed by atoms with Gasteiger partial charge >= 0.3 is 0 Å². The molecule has 3 heterocycles. The first kappa shape index (κ1) is 10.4. The second kappa shape index (κ2) is 4.62. The molecule has 0 bridgehead atoms. The van der Waals surface area contributed by atoms with Crippen LogP contribution in [0.5, 0.6) is 0 Å².